The van der Waals surface area contributed by atoms with Crippen LogP contribution in [-0.2, 0) is 14.8 Å². The summed E-state index contributed by atoms with van der Waals surface area (Å²) in [6, 6.07) is 7.50. The first kappa shape index (κ1) is 21.6. The van der Waals surface area contributed by atoms with Gasteiger partial charge < -0.3 is 0 Å². The van der Waals surface area contributed by atoms with Crippen LogP contribution in [0.5, 0.6) is 0 Å². The summed E-state index contributed by atoms with van der Waals surface area (Å²) in [5.41, 5.74) is 5.02. The molecule has 0 saturated carbocycles. The average molecular weight is 426 g/mol. The molecule has 0 spiro atoms. The van der Waals surface area contributed by atoms with Crippen LogP contribution in [0, 0.1) is 6.92 Å². The van der Waals surface area contributed by atoms with Gasteiger partial charge >= 0.3 is 0 Å². The van der Waals surface area contributed by atoms with Crippen LogP contribution in [-0.4, -0.2) is 38.1 Å². The van der Waals surface area contributed by atoms with Crippen molar-refractivity contribution in [2.24, 2.45) is 5.10 Å². The summed E-state index contributed by atoms with van der Waals surface area (Å²) in [4.78, 5) is 12.7. The van der Waals surface area contributed by atoms with E-state index in [1.54, 1.807) is 30.8 Å². The van der Waals surface area contributed by atoms with E-state index in [1.807, 2.05) is 30.0 Å². The number of amides is 1. The van der Waals surface area contributed by atoms with E-state index in [1.165, 1.54) is 23.5 Å². The Labute approximate surface area is 168 Å². The molecule has 2 N–H and O–H groups in total. The lowest BCUT2D eigenvalue weighted by Crippen LogP contribution is -2.45. The van der Waals surface area contributed by atoms with Gasteiger partial charge in [-0.25, -0.2) is 13.8 Å². The van der Waals surface area contributed by atoms with E-state index in [-0.39, 0.29) is 4.90 Å². The maximum atomic E-state index is 12.6. The Kier molecular flexibility index (Phi) is 8.03. The Balaban J connectivity index is 2.12. The van der Waals surface area contributed by atoms with Crippen LogP contribution >= 0.6 is 23.1 Å². The molecule has 2 rings (SSSR count). The van der Waals surface area contributed by atoms with Crippen molar-refractivity contribution in [3.8, 4) is 0 Å². The van der Waals surface area contributed by atoms with Crippen molar-refractivity contribution in [3.63, 3.8) is 0 Å². The van der Waals surface area contributed by atoms with E-state index in [0.717, 1.165) is 11.1 Å². The predicted molar refractivity (Wildman–Crippen MR) is 113 cm³/mol. The molecule has 0 saturated heterocycles. The molecular formula is C18H23N3O3S3. The summed E-state index contributed by atoms with van der Waals surface area (Å²) in [6.07, 6.45) is 2.27. The molecule has 0 aliphatic heterocycles. The summed E-state index contributed by atoms with van der Waals surface area (Å²) in [7, 11) is -3.80. The van der Waals surface area contributed by atoms with E-state index < -0.39 is 22.0 Å². The van der Waals surface area contributed by atoms with Gasteiger partial charge in [-0.3, -0.25) is 4.79 Å². The van der Waals surface area contributed by atoms with E-state index in [0.29, 0.717) is 17.9 Å². The zero-order valence-corrected chi connectivity index (χ0v) is 17.9. The first-order valence-corrected chi connectivity index (χ1v) is 12.1. The predicted octanol–water partition coefficient (Wildman–Crippen LogP) is 3.00. The summed E-state index contributed by atoms with van der Waals surface area (Å²) in [5, 5.41) is 7.94. The Hall–Kier alpha value is -1.68. The maximum Gasteiger partial charge on any atom is 0.258 e. The average Bonchev–Trinajstić information content (AvgIpc) is 3.18. The lowest BCUT2D eigenvalue weighted by Gasteiger charge is -2.17. The molecule has 0 radical (unpaired) electrons. The lowest BCUT2D eigenvalue weighted by molar-refractivity contribution is -0.122. The highest BCUT2D eigenvalue weighted by molar-refractivity contribution is 7.98. The van der Waals surface area contributed by atoms with Gasteiger partial charge in [-0.15, -0.1) is 0 Å². The van der Waals surface area contributed by atoms with Gasteiger partial charge in [-0.2, -0.15) is 32.9 Å². The SMILES string of the molecule is CSCC[C@H](NS(=O)(=O)c1ccc(C)cc1)C(=O)N/N=C(\C)c1ccsc1. The minimum absolute atomic E-state index is 0.132. The van der Waals surface area contributed by atoms with Gasteiger partial charge in [0.25, 0.3) is 5.91 Å². The molecule has 0 bridgehead atoms. The molecule has 146 valence electrons. The topological polar surface area (TPSA) is 87.6 Å². The second-order valence-corrected chi connectivity index (χ2v) is 9.43. The highest BCUT2D eigenvalue weighted by Gasteiger charge is 2.25. The molecular weight excluding hydrogens is 402 g/mol. The molecule has 0 aliphatic carbocycles. The number of thioether (sulfide) groups is 1. The molecule has 0 unspecified atom stereocenters. The van der Waals surface area contributed by atoms with Crippen LogP contribution in [0.3, 0.4) is 0 Å². The van der Waals surface area contributed by atoms with Gasteiger partial charge in [0.15, 0.2) is 0 Å². The number of rotatable bonds is 9. The van der Waals surface area contributed by atoms with E-state index in [4.69, 9.17) is 0 Å². The van der Waals surface area contributed by atoms with Gasteiger partial charge in [0.2, 0.25) is 10.0 Å². The zero-order valence-electron chi connectivity index (χ0n) is 15.4. The zero-order chi connectivity index (χ0) is 19.9. The highest BCUT2D eigenvalue weighted by Crippen LogP contribution is 2.12. The summed E-state index contributed by atoms with van der Waals surface area (Å²) in [5.74, 6) is 0.163. The number of aryl methyl sites for hydroxylation is 1. The Morgan fingerprint density at radius 3 is 2.56 bits per heavy atom. The number of benzene rings is 1. The molecule has 6 nitrogen and oxygen atoms in total. The van der Waals surface area contributed by atoms with Crippen LogP contribution < -0.4 is 10.1 Å². The number of hydrogen-bond donors (Lipinski definition) is 2. The molecule has 0 aliphatic rings. The molecule has 1 atom stereocenters. The molecule has 2 aromatic rings. The Morgan fingerprint density at radius 1 is 1.26 bits per heavy atom. The fourth-order valence-electron chi connectivity index (χ4n) is 2.20. The van der Waals surface area contributed by atoms with Gasteiger partial charge in [0, 0.05) is 5.56 Å². The molecule has 1 heterocycles. The monoisotopic (exact) mass is 425 g/mol. The number of carbonyl (C=O) groups is 1. The van der Waals surface area contributed by atoms with Crippen molar-refractivity contribution in [1.29, 1.82) is 0 Å². The van der Waals surface area contributed by atoms with Gasteiger partial charge in [-0.05, 0) is 61.2 Å². The fourth-order valence-corrected chi connectivity index (χ4v) is 4.60. The minimum Gasteiger partial charge on any atom is -0.271 e. The number of nitrogens with one attached hydrogen (secondary N) is 2. The van der Waals surface area contributed by atoms with E-state index >= 15 is 0 Å². The summed E-state index contributed by atoms with van der Waals surface area (Å²) in [6.45, 7) is 3.67. The van der Waals surface area contributed by atoms with E-state index in [9.17, 15) is 13.2 Å². The molecule has 1 aromatic heterocycles. The smallest absolute Gasteiger partial charge is 0.258 e. The van der Waals surface area contributed by atoms with Crippen LogP contribution in [0.4, 0.5) is 0 Å². The van der Waals surface area contributed by atoms with Crippen molar-refractivity contribution >= 4 is 44.7 Å². The molecule has 1 amide bonds. The largest absolute Gasteiger partial charge is 0.271 e. The summed E-state index contributed by atoms with van der Waals surface area (Å²) < 4.78 is 27.7. The number of thiophene rings is 1. The molecule has 1 aromatic carbocycles. The van der Waals surface area contributed by atoms with Crippen LogP contribution in [0.15, 0.2) is 51.1 Å². The standard InChI is InChI=1S/C18H23N3O3S3/c1-13-4-6-16(7-5-13)27(23,24)21-17(9-10-25-3)18(22)20-19-14(2)15-8-11-26-12-15/h4-8,11-12,17,21H,9-10H2,1-3H3,(H,20,22)/b19-14+/t17-/m0/s1. The van der Waals surface area contributed by atoms with Crippen LogP contribution in [0.1, 0.15) is 24.5 Å². The van der Waals surface area contributed by atoms with Crippen molar-refractivity contribution < 1.29 is 13.2 Å². The minimum atomic E-state index is -3.80. The van der Waals surface area contributed by atoms with Gasteiger partial charge in [0.05, 0.1) is 10.6 Å². The van der Waals surface area contributed by atoms with E-state index in [2.05, 4.69) is 15.2 Å². The first-order valence-electron chi connectivity index (χ1n) is 8.28. The number of nitrogens with zero attached hydrogens (tertiary/aromatic N) is 1. The molecule has 9 heteroatoms. The first-order chi connectivity index (χ1) is 12.8. The van der Waals surface area contributed by atoms with Gasteiger partial charge in [0.1, 0.15) is 6.04 Å². The second kappa shape index (κ2) is 10.0. The van der Waals surface area contributed by atoms with Crippen molar-refractivity contribution in [3.05, 3.63) is 52.2 Å². The fraction of sp³-hybridized carbons (Fsp3) is 0.333. The number of hydrazone groups is 1. The Morgan fingerprint density at radius 2 is 1.96 bits per heavy atom. The molecule has 27 heavy (non-hydrogen) atoms. The quantitative estimate of drug-likeness (QED) is 0.478. The van der Waals surface area contributed by atoms with Crippen molar-refractivity contribution in [1.82, 2.24) is 10.1 Å². The third-order valence-electron chi connectivity index (χ3n) is 3.83. The van der Waals surface area contributed by atoms with Crippen LogP contribution in [0.25, 0.3) is 0 Å². The maximum absolute atomic E-state index is 12.6. The lowest BCUT2D eigenvalue weighted by atomic mass is 10.2. The molecule has 0 fully saturated rings. The normalized spacial score (nSPS) is 13.4. The number of hydrogen-bond acceptors (Lipinski definition) is 6. The number of sulfonamides is 1. The number of carbonyl (C=O) groups excluding carboxylic acids is 1. The van der Waals surface area contributed by atoms with Crippen molar-refractivity contribution in [2.45, 2.75) is 31.2 Å². The van der Waals surface area contributed by atoms with Crippen LogP contribution in [0.2, 0.25) is 0 Å². The third kappa shape index (κ3) is 6.46. The van der Waals surface area contributed by atoms with Gasteiger partial charge in [-0.1, -0.05) is 17.7 Å². The summed E-state index contributed by atoms with van der Waals surface area (Å²) >= 11 is 3.08. The second-order valence-electron chi connectivity index (χ2n) is 5.95. The van der Waals surface area contributed by atoms with Crippen molar-refractivity contribution in [2.75, 3.05) is 12.0 Å². The third-order valence-corrected chi connectivity index (χ3v) is 6.64. The highest BCUT2D eigenvalue weighted by atomic mass is 32.2. The Bertz CT molecular complexity index is 876.